The van der Waals surface area contributed by atoms with E-state index in [-0.39, 0.29) is 16.3 Å². The molecule has 3 aromatic rings. The molecular weight excluding hydrogens is 404 g/mol. The molecule has 0 saturated heterocycles. The van der Waals surface area contributed by atoms with Gasteiger partial charge in [0.15, 0.2) is 11.3 Å². The predicted molar refractivity (Wildman–Crippen MR) is 108 cm³/mol. The zero-order chi connectivity index (χ0) is 20.6. The summed E-state index contributed by atoms with van der Waals surface area (Å²) in [5.41, 5.74) is 1.26. The molecule has 7 nitrogen and oxygen atoms in total. The summed E-state index contributed by atoms with van der Waals surface area (Å²) in [5.74, 6) is -0.133. The number of carbonyl (C=O) groups excluding carboxylic acids is 1. The van der Waals surface area contributed by atoms with E-state index in [0.717, 1.165) is 9.69 Å². The SMILES string of the molecule is COc1ccc(S(=O)(=O)N(C)C)cc1NC(=O)c1oc2c(Cl)cccc2c1C. The molecule has 0 bridgehead atoms. The molecule has 0 spiro atoms. The van der Waals surface area contributed by atoms with Gasteiger partial charge in [-0.05, 0) is 31.2 Å². The Morgan fingerprint density at radius 2 is 1.93 bits per heavy atom. The minimum absolute atomic E-state index is 0.0259. The third-order valence-electron chi connectivity index (χ3n) is 4.32. The van der Waals surface area contributed by atoms with Crippen molar-refractivity contribution in [2.45, 2.75) is 11.8 Å². The van der Waals surface area contributed by atoms with Gasteiger partial charge >= 0.3 is 0 Å². The minimum atomic E-state index is -3.67. The largest absolute Gasteiger partial charge is 0.495 e. The summed E-state index contributed by atoms with van der Waals surface area (Å²) in [6.07, 6.45) is 0. The number of benzene rings is 2. The zero-order valence-corrected chi connectivity index (χ0v) is 17.3. The number of amides is 1. The van der Waals surface area contributed by atoms with Crippen LogP contribution in [-0.2, 0) is 10.0 Å². The Hall–Kier alpha value is -2.55. The maximum absolute atomic E-state index is 12.8. The maximum atomic E-state index is 12.8. The van der Waals surface area contributed by atoms with Crippen LogP contribution in [0, 0.1) is 6.92 Å². The van der Waals surface area contributed by atoms with E-state index in [1.54, 1.807) is 19.1 Å². The number of furan rings is 1. The van der Waals surface area contributed by atoms with Crippen LogP contribution in [-0.4, -0.2) is 39.8 Å². The van der Waals surface area contributed by atoms with E-state index < -0.39 is 15.9 Å². The summed E-state index contributed by atoms with van der Waals surface area (Å²) in [4.78, 5) is 12.8. The first-order valence-electron chi connectivity index (χ1n) is 8.26. The smallest absolute Gasteiger partial charge is 0.291 e. The summed E-state index contributed by atoms with van der Waals surface area (Å²) in [6.45, 7) is 1.75. The summed E-state index contributed by atoms with van der Waals surface area (Å²) in [7, 11) is 0.614. The zero-order valence-electron chi connectivity index (χ0n) is 15.7. The molecule has 9 heteroatoms. The molecule has 0 aliphatic rings. The van der Waals surface area contributed by atoms with Crippen LogP contribution in [0.5, 0.6) is 5.75 Å². The average molecular weight is 423 g/mol. The van der Waals surface area contributed by atoms with Gasteiger partial charge in [0.2, 0.25) is 10.0 Å². The molecule has 0 aliphatic carbocycles. The Morgan fingerprint density at radius 3 is 2.54 bits per heavy atom. The Morgan fingerprint density at radius 1 is 1.21 bits per heavy atom. The van der Waals surface area contributed by atoms with Gasteiger partial charge in [0.1, 0.15) is 5.75 Å². The number of rotatable bonds is 5. The van der Waals surface area contributed by atoms with Crippen LogP contribution in [0.1, 0.15) is 16.1 Å². The number of ether oxygens (including phenoxy) is 1. The average Bonchev–Trinajstić information content (AvgIpc) is 3.00. The normalized spacial score (nSPS) is 11.8. The Bertz CT molecular complexity index is 1170. The van der Waals surface area contributed by atoms with Crippen LogP contribution in [0.3, 0.4) is 0 Å². The monoisotopic (exact) mass is 422 g/mol. The predicted octanol–water partition coefficient (Wildman–Crippen LogP) is 3.91. The Kier molecular flexibility index (Phi) is 5.38. The van der Waals surface area contributed by atoms with Crippen molar-refractivity contribution in [3.8, 4) is 5.75 Å². The van der Waals surface area contributed by atoms with Crippen LogP contribution >= 0.6 is 11.6 Å². The third-order valence-corrected chi connectivity index (χ3v) is 6.43. The van der Waals surface area contributed by atoms with Crippen LogP contribution in [0.4, 0.5) is 5.69 Å². The van der Waals surface area contributed by atoms with Crippen molar-refractivity contribution in [2.75, 3.05) is 26.5 Å². The molecule has 148 valence electrons. The summed E-state index contributed by atoms with van der Waals surface area (Å²) in [5, 5.41) is 3.80. The number of aryl methyl sites for hydroxylation is 1. The number of nitrogens with zero attached hydrogens (tertiary/aromatic N) is 1. The molecule has 0 fully saturated rings. The van der Waals surface area contributed by atoms with Gasteiger partial charge in [-0.2, -0.15) is 0 Å². The van der Waals surface area contributed by atoms with Gasteiger partial charge in [-0.15, -0.1) is 0 Å². The van der Waals surface area contributed by atoms with Crippen molar-refractivity contribution < 1.29 is 22.4 Å². The number of anilines is 1. The van der Waals surface area contributed by atoms with E-state index in [1.807, 2.05) is 6.07 Å². The molecule has 0 aliphatic heterocycles. The number of halogens is 1. The molecule has 0 saturated carbocycles. The van der Waals surface area contributed by atoms with Gasteiger partial charge in [0, 0.05) is 25.0 Å². The molecule has 0 atom stereocenters. The molecule has 0 unspecified atom stereocenters. The molecule has 1 aromatic heterocycles. The van der Waals surface area contributed by atoms with Crippen molar-refractivity contribution in [3.63, 3.8) is 0 Å². The van der Waals surface area contributed by atoms with Gasteiger partial charge in [0.05, 0.1) is 22.7 Å². The lowest BCUT2D eigenvalue weighted by Gasteiger charge is -2.15. The van der Waals surface area contributed by atoms with E-state index in [9.17, 15) is 13.2 Å². The minimum Gasteiger partial charge on any atom is -0.495 e. The standard InChI is InChI=1S/C19H19ClN2O5S/c1-11-13-6-5-7-14(20)18(13)27-17(11)19(23)21-15-10-12(8-9-16(15)26-4)28(24,25)22(2)3/h5-10H,1-4H3,(H,21,23). The van der Waals surface area contributed by atoms with E-state index >= 15 is 0 Å². The number of fused-ring (bicyclic) bond motifs is 1. The fourth-order valence-corrected chi connectivity index (χ4v) is 3.90. The van der Waals surface area contributed by atoms with E-state index in [0.29, 0.717) is 21.9 Å². The molecule has 28 heavy (non-hydrogen) atoms. The number of nitrogens with one attached hydrogen (secondary N) is 1. The van der Waals surface area contributed by atoms with Crippen LogP contribution in [0.15, 0.2) is 45.7 Å². The molecule has 1 amide bonds. The molecule has 2 aromatic carbocycles. The van der Waals surface area contributed by atoms with E-state index in [4.69, 9.17) is 20.8 Å². The Labute approximate surface area is 167 Å². The van der Waals surface area contributed by atoms with Gasteiger partial charge in [0.25, 0.3) is 5.91 Å². The number of methoxy groups -OCH3 is 1. The van der Waals surface area contributed by atoms with Crippen molar-refractivity contribution in [2.24, 2.45) is 0 Å². The van der Waals surface area contributed by atoms with Crippen molar-refractivity contribution in [1.82, 2.24) is 4.31 Å². The molecule has 0 radical (unpaired) electrons. The van der Waals surface area contributed by atoms with Crippen molar-refractivity contribution >= 4 is 44.2 Å². The second-order valence-electron chi connectivity index (χ2n) is 6.28. The Balaban J connectivity index is 2.03. The highest BCUT2D eigenvalue weighted by Gasteiger charge is 2.23. The summed E-state index contributed by atoms with van der Waals surface area (Å²) in [6, 6.07) is 9.49. The molecule has 1 heterocycles. The topological polar surface area (TPSA) is 88.9 Å². The highest BCUT2D eigenvalue weighted by Crippen LogP contribution is 2.33. The lowest BCUT2D eigenvalue weighted by molar-refractivity contribution is 0.0997. The third kappa shape index (κ3) is 3.46. The number of carbonyl (C=O) groups is 1. The van der Waals surface area contributed by atoms with Gasteiger partial charge in [-0.1, -0.05) is 23.7 Å². The highest BCUT2D eigenvalue weighted by molar-refractivity contribution is 7.89. The maximum Gasteiger partial charge on any atom is 0.291 e. The number of hydrogen-bond donors (Lipinski definition) is 1. The van der Waals surface area contributed by atoms with E-state index in [2.05, 4.69) is 5.32 Å². The molecular formula is C19H19ClN2O5S. The number of sulfonamides is 1. The molecule has 3 rings (SSSR count). The van der Waals surface area contributed by atoms with Crippen LogP contribution in [0.25, 0.3) is 11.0 Å². The van der Waals surface area contributed by atoms with Crippen molar-refractivity contribution in [3.05, 3.63) is 52.7 Å². The lowest BCUT2D eigenvalue weighted by atomic mass is 10.1. The van der Waals surface area contributed by atoms with E-state index in [1.165, 1.54) is 39.4 Å². The first-order chi connectivity index (χ1) is 13.2. The summed E-state index contributed by atoms with van der Waals surface area (Å²) < 4.78 is 36.8. The van der Waals surface area contributed by atoms with Gasteiger partial charge < -0.3 is 14.5 Å². The fourth-order valence-electron chi connectivity index (χ4n) is 2.76. The quantitative estimate of drug-likeness (QED) is 0.673. The fraction of sp³-hybridized carbons (Fsp3) is 0.211. The second-order valence-corrected chi connectivity index (χ2v) is 8.84. The second kappa shape index (κ2) is 7.46. The highest BCUT2D eigenvalue weighted by atomic mass is 35.5. The van der Waals surface area contributed by atoms with Gasteiger partial charge in [-0.25, -0.2) is 12.7 Å². The molecule has 1 N–H and O–H groups in total. The first kappa shape index (κ1) is 20.2. The summed E-state index contributed by atoms with van der Waals surface area (Å²) >= 11 is 6.14. The van der Waals surface area contributed by atoms with Gasteiger partial charge in [-0.3, -0.25) is 4.79 Å². The number of para-hydroxylation sites is 1. The van der Waals surface area contributed by atoms with Crippen LogP contribution < -0.4 is 10.1 Å². The number of hydrogen-bond acceptors (Lipinski definition) is 5. The first-order valence-corrected chi connectivity index (χ1v) is 10.1. The lowest BCUT2D eigenvalue weighted by Crippen LogP contribution is -2.22. The van der Waals surface area contributed by atoms with Crippen LogP contribution in [0.2, 0.25) is 5.02 Å². The van der Waals surface area contributed by atoms with Crippen molar-refractivity contribution in [1.29, 1.82) is 0 Å².